The lowest BCUT2D eigenvalue weighted by Gasteiger charge is -2.22. The molecule has 0 atom stereocenters. The van der Waals surface area contributed by atoms with E-state index in [-0.39, 0.29) is 6.54 Å². The molecule has 5 rings (SSSR count). The molecule has 39 heavy (non-hydrogen) atoms. The summed E-state index contributed by atoms with van der Waals surface area (Å²) in [5.74, 6) is -0.0709. The molecule has 5 nitrogen and oxygen atoms in total. The van der Waals surface area contributed by atoms with E-state index < -0.39 is 5.97 Å². The molecule has 1 aromatic heterocycles. The summed E-state index contributed by atoms with van der Waals surface area (Å²) in [5.41, 5.74) is 7.07. The van der Waals surface area contributed by atoms with Crippen molar-refractivity contribution >= 4 is 23.0 Å². The van der Waals surface area contributed by atoms with Crippen molar-refractivity contribution in [2.75, 3.05) is 18.4 Å². The molecule has 4 aromatic rings. The summed E-state index contributed by atoms with van der Waals surface area (Å²) in [6.45, 7) is 1.96. The Morgan fingerprint density at radius 1 is 0.897 bits per heavy atom. The van der Waals surface area contributed by atoms with Crippen LogP contribution >= 0.6 is 11.3 Å². The van der Waals surface area contributed by atoms with Crippen molar-refractivity contribution in [2.24, 2.45) is 0 Å². The maximum absolute atomic E-state index is 11.4. The molecule has 202 valence electrons. The predicted octanol–water partition coefficient (Wildman–Crippen LogP) is 7.60. The Hall–Kier alpha value is -3.48. The molecule has 0 aliphatic heterocycles. The highest BCUT2D eigenvalue weighted by atomic mass is 32.1. The van der Waals surface area contributed by atoms with Gasteiger partial charge in [0.05, 0.1) is 18.8 Å². The highest BCUT2D eigenvalue weighted by molar-refractivity contribution is 7.09. The van der Waals surface area contributed by atoms with Crippen molar-refractivity contribution in [3.8, 4) is 11.3 Å². The Labute approximate surface area is 235 Å². The van der Waals surface area contributed by atoms with Crippen LogP contribution in [0.3, 0.4) is 0 Å². The summed E-state index contributed by atoms with van der Waals surface area (Å²) in [4.78, 5) is 18.1. The Bertz CT molecular complexity index is 1310. The molecular weight excluding hydrogens is 502 g/mol. The second-order valence-electron chi connectivity index (χ2n) is 10.5. The molecule has 1 aliphatic rings. The molecule has 0 bridgehead atoms. The van der Waals surface area contributed by atoms with Gasteiger partial charge in [-0.3, -0.25) is 9.69 Å². The summed E-state index contributed by atoms with van der Waals surface area (Å²) in [6, 6.07) is 27.6. The van der Waals surface area contributed by atoms with Crippen LogP contribution in [0, 0.1) is 0 Å². The van der Waals surface area contributed by atoms with Crippen molar-refractivity contribution in [1.29, 1.82) is 0 Å². The maximum Gasteiger partial charge on any atom is 0.317 e. The van der Waals surface area contributed by atoms with E-state index in [0.717, 1.165) is 46.4 Å². The lowest BCUT2D eigenvalue weighted by atomic mass is 9.84. The molecule has 1 saturated carbocycles. The average molecular weight is 540 g/mol. The van der Waals surface area contributed by atoms with Crippen LogP contribution in [-0.2, 0) is 24.3 Å². The molecule has 0 spiro atoms. The van der Waals surface area contributed by atoms with Crippen molar-refractivity contribution < 1.29 is 9.90 Å². The summed E-state index contributed by atoms with van der Waals surface area (Å²) < 4.78 is 0. The van der Waals surface area contributed by atoms with E-state index in [1.165, 1.54) is 43.2 Å². The number of anilines is 1. The zero-order valence-corrected chi connectivity index (χ0v) is 23.2. The normalized spacial score (nSPS) is 14.0. The number of nitrogens with one attached hydrogen (secondary N) is 1. The van der Waals surface area contributed by atoms with Gasteiger partial charge in [0, 0.05) is 29.7 Å². The molecule has 1 heterocycles. The molecule has 3 aromatic carbocycles. The lowest BCUT2D eigenvalue weighted by molar-refractivity contribution is -0.138. The predicted molar refractivity (Wildman–Crippen MR) is 160 cm³/mol. The molecular formula is C33H37N3O2S. The smallest absolute Gasteiger partial charge is 0.317 e. The molecule has 0 unspecified atom stereocenters. The number of carbonyl (C=O) groups is 1. The van der Waals surface area contributed by atoms with Crippen LogP contribution in [-0.4, -0.2) is 34.0 Å². The maximum atomic E-state index is 11.4. The van der Waals surface area contributed by atoms with E-state index in [0.29, 0.717) is 13.1 Å². The Morgan fingerprint density at radius 2 is 1.64 bits per heavy atom. The number of nitrogens with zero attached hydrogens (tertiary/aromatic N) is 2. The van der Waals surface area contributed by atoms with E-state index in [1.54, 1.807) is 11.3 Å². The minimum atomic E-state index is -0.831. The molecule has 0 amide bonds. The fourth-order valence-electron chi connectivity index (χ4n) is 5.41. The lowest BCUT2D eigenvalue weighted by Crippen LogP contribution is -2.28. The first kappa shape index (κ1) is 27.1. The van der Waals surface area contributed by atoms with E-state index >= 15 is 0 Å². The topological polar surface area (TPSA) is 65.5 Å². The third-order valence-corrected chi connectivity index (χ3v) is 8.33. The third kappa shape index (κ3) is 8.01. The van der Waals surface area contributed by atoms with Crippen LogP contribution in [0.25, 0.3) is 11.3 Å². The van der Waals surface area contributed by atoms with Gasteiger partial charge in [0.15, 0.2) is 0 Å². The van der Waals surface area contributed by atoms with E-state index in [9.17, 15) is 9.90 Å². The van der Waals surface area contributed by atoms with Gasteiger partial charge in [0.1, 0.15) is 5.01 Å². The molecule has 0 saturated heterocycles. The van der Waals surface area contributed by atoms with Gasteiger partial charge in [-0.1, -0.05) is 86.0 Å². The number of carboxylic acids is 1. The highest BCUT2D eigenvalue weighted by Crippen LogP contribution is 2.32. The molecule has 1 aliphatic carbocycles. The first-order valence-electron chi connectivity index (χ1n) is 14.0. The number of aliphatic carboxylic acids is 1. The first-order chi connectivity index (χ1) is 19.1. The van der Waals surface area contributed by atoms with Crippen LogP contribution in [0.15, 0.2) is 84.2 Å². The summed E-state index contributed by atoms with van der Waals surface area (Å²) in [7, 11) is 0. The first-order valence-corrected chi connectivity index (χ1v) is 14.9. The molecule has 2 N–H and O–H groups in total. The Balaban J connectivity index is 1.12. The van der Waals surface area contributed by atoms with Gasteiger partial charge in [-0.25, -0.2) is 4.98 Å². The molecule has 1 fully saturated rings. The second-order valence-corrected chi connectivity index (χ2v) is 11.4. The zero-order chi connectivity index (χ0) is 26.9. The standard InChI is InChI=1S/C33H37N3O2S/c37-33(38)23-36(21-26-7-3-1-4-8-26)22-32-35-31(24-39-32)29-15-17-30(18-16-29)34-20-19-25-11-13-28(14-12-25)27-9-5-2-6-10-27/h1,3-4,7-8,11-18,24,27,34H,2,5-6,9-10,19-23H2,(H,37,38). The number of aromatic nitrogens is 1. The van der Waals surface area contributed by atoms with Crippen molar-refractivity contribution in [2.45, 2.75) is 57.5 Å². The van der Waals surface area contributed by atoms with E-state index in [2.05, 4.69) is 59.2 Å². The van der Waals surface area contributed by atoms with Gasteiger partial charge in [0.25, 0.3) is 0 Å². The van der Waals surface area contributed by atoms with Crippen molar-refractivity contribution in [3.63, 3.8) is 0 Å². The number of hydrogen-bond donors (Lipinski definition) is 2. The zero-order valence-electron chi connectivity index (χ0n) is 22.4. The third-order valence-electron chi connectivity index (χ3n) is 7.50. The van der Waals surface area contributed by atoms with Gasteiger partial charge >= 0.3 is 5.97 Å². The van der Waals surface area contributed by atoms with Crippen molar-refractivity contribution in [1.82, 2.24) is 9.88 Å². The number of rotatable bonds is 12. The van der Waals surface area contributed by atoms with Crippen LogP contribution in [0.5, 0.6) is 0 Å². The monoisotopic (exact) mass is 539 g/mol. The fourth-order valence-corrected chi connectivity index (χ4v) is 6.26. The number of thiazole rings is 1. The SMILES string of the molecule is O=C(O)CN(Cc1ccccc1)Cc1nc(-c2ccc(NCCc3ccc(C4CCCCC4)cc3)cc2)cs1. The summed E-state index contributed by atoms with van der Waals surface area (Å²) >= 11 is 1.57. The second kappa shape index (κ2) is 13.5. The quantitative estimate of drug-likeness (QED) is 0.194. The highest BCUT2D eigenvalue weighted by Gasteiger charge is 2.16. The van der Waals surface area contributed by atoms with Gasteiger partial charge in [0.2, 0.25) is 0 Å². The Morgan fingerprint density at radius 3 is 2.36 bits per heavy atom. The van der Waals surface area contributed by atoms with Crippen molar-refractivity contribution in [3.05, 3.63) is 106 Å². The molecule has 6 heteroatoms. The summed E-state index contributed by atoms with van der Waals surface area (Å²) in [6.07, 6.45) is 7.83. The van der Waals surface area contributed by atoms with Gasteiger partial charge in [-0.05, 0) is 54.0 Å². The van der Waals surface area contributed by atoms with E-state index in [4.69, 9.17) is 4.98 Å². The number of hydrogen-bond acceptors (Lipinski definition) is 5. The molecule has 0 radical (unpaired) electrons. The average Bonchev–Trinajstić information content (AvgIpc) is 3.43. The van der Waals surface area contributed by atoms with Crippen LogP contribution in [0.1, 0.15) is 59.7 Å². The fraction of sp³-hybridized carbons (Fsp3) is 0.333. The van der Waals surface area contributed by atoms with Gasteiger partial charge in [-0.15, -0.1) is 11.3 Å². The number of carboxylic acid groups (broad SMARTS) is 1. The van der Waals surface area contributed by atoms with Gasteiger partial charge < -0.3 is 10.4 Å². The van der Waals surface area contributed by atoms with Gasteiger partial charge in [-0.2, -0.15) is 0 Å². The minimum Gasteiger partial charge on any atom is -0.480 e. The Kier molecular flexibility index (Phi) is 9.41. The van der Waals surface area contributed by atoms with Crippen LogP contribution in [0.2, 0.25) is 0 Å². The number of benzene rings is 3. The van der Waals surface area contributed by atoms with Crippen LogP contribution in [0.4, 0.5) is 5.69 Å². The summed E-state index contributed by atoms with van der Waals surface area (Å²) in [5, 5.41) is 15.9. The minimum absolute atomic E-state index is 0.0190. The largest absolute Gasteiger partial charge is 0.480 e. The van der Waals surface area contributed by atoms with E-state index in [1.807, 2.05) is 35.2 Å². The van der Waals surface area contributed by atoms with Crippen LogP contribution < -0.4 is 5.32 Å².